The molecule has 0 bridgehead atoms. The van der Waals surface area contributed by atoms with Gasteiger partial charge in [-0.15, -0.1) is 0 Å². The Morgan fingerprint density at radius 2 is 1.78 bits per heavy atom. The smallest absolute Gasteiger partial charge is 0.333 e. The molecule has 0 radical (unpaired) electrons. The predicted octanol–water partition coefficient (Wildman–Crippen LogP) is -1.25. The summed E-state index contributed by atoms with van der Waals surface area (Å²) in [5.41, 5.74) is 0.633. The monoisotopic (exact) mass is 326 g/mol. The quantitative estimate of drug-likeness (QED) is 0.342. The fourth-order valence-corrected chi connectivity index (χ4v) is 2.07. The molecule has 0 spiro atoms. The van der Waals surface area contributed by atoms with Crippen LogP contribution >= 0.6 is 0 Å². The first-order valence-corrected chi connectivity index (χ1v) is 6.90. The minimum absolute atomic E-state index is 0.0889. The first-order chi connectivity index (χ1) is 10.9. The van der Waals surface area contributed by atoms with Gasteiger partial charge < -0.3 is 35.0 Å². The van der Waals surface area contributed by atoms with E-state index in [1.807, 2.05) is 0 Å². The number of benzene rings is 1. The number of aromatic hydroxyl groups is 1. The van der Waals surface area contributed by atoms with Crippen molar-refractivity contribution in [2.24, 2.45) is 0 Å². The van der Waals surface area contributed by atoms with Crippen LogP contribution in [0.15, 0.2) is 30.3 Å². The number of rotatable bonds is 4. The highest BCUT2D eigenvalue weighted by Crippen LogP contribution is 2.22. The molecule has 1 aliphatic heterocycles. The zero-order valence-corrected chi connectivity index (χ0v) is 12.0. The number of aliphatic hydroxyl groups excluding tert-OH is 4. The van der Waals surface area contributed by atoms with Gasteiger partial charge in [0.2, 0.25) is 6.29 Å². The van der Waals surface area contributed by atoms with Gasteiger partial charge in [-0.2, -0.15) is 0 Å². The largest absolute Gasteiger partial charge is 0.508 e. The zero-order valence-electron chi connectivity index (χ0n) is 12.0. The van der Waals surface area contributed by atoms with Gasteiger partial charge >= 0.3 is 5.97 Å². The molecule has 1 aromatic carbocycles. The topological polar surface area (TPSA) is 137 Å². The minimum Gasteiger partial charge on any atom is -0.508 e. The zero-order chi connectivity index (χ0) is 17.0. The van der Waals surface area contributed by atoms with Gasteiger partial charge in [-0.1, -0.05) is 12.1 Å². The second kappa shape index (κ2) is 7.53. The van der Waals surface area contributed by atoms with Crippen LogP contribution in [0.4, 0.5) is 0 Å². The SMILES string of the molecule is O=C(/C=C/c1ccc(O)cc1)O[C@H]1O[C@H](CO)[C@@H](O)[C@H](O)[C@H]1O. The molecule has 1 saturated heterocycles. The molecule has 126 valence electrons. The fourth-order valence-electron chi connectivity index (χ4n) is 2.07. The van der Waals surface area contributed by atoms with Gasteiger partial charge in [0.1, 0.15) is 30.2 Å². The third-order valence-electron chi connectivity index (χ3n) is 3.39. The van der Waals surface area contributed by atoms with Crippen LogP contribution in [-0.4, -0.2) is 68.8 Å². The Morgan fingerprint density at radius 1 is 1.13 bits per heavy atom. The molecular formula is C15H18O8. The highest BCUT2D eigenvalue weighted by Gasteiger charge is 2.45. The molecule has 1 heterocycles. The van der Waals surface area contributed by atoms with Gasteiger partial charge in [0.05, 0.1) is 6.61 Å². The summed E-state index contributed by atoms with van der Waals surface area (Å²) < 4.78 is 9.92. The third kappa shape index (κ3) is 4.27. The maximum atomic E-state index is 11.7. The summed E-state index contributed by atoms with van der Waals surface area (Å²) in [4.78, 5) is 11.7. The number of carbonyl (C=O) groups is 1. The first-order valence-electron chi connectivity index (χ1n) is 6.90. The third-order valence-corrected chi connectivity index (χ3v) is 3.39. The number of phenols is 1. The van der Waals surface area contributed by atoms with Crippen molar-refractivity contribution in [1.82, 2.24) is 0 Å². The van der Waals surface area contributed by atoms with Crippen LogP contribution in [0.3, 0.4) is 0 Å². The van der Waals surface area contributed by atoms with E-state index in [1.54, 1.807) is 12.1 Å². The molecule has 0 amide bonds. The van der Waals surface area contributed by atoms with E-state index in [0.717, 1.165) is 6.08 Å². The van der Waals surface area contributed by atoms with Gasteiger partial charge in [0.15, 0.2) is 0 Å². The number of hydrogen-bond donors (Lipinski definition) is 5. The van der Waals surface area contributed by atoms with Crippen LogP contribution in [0, 0.1) is 0 Å². The maximum absolute atomic E-state index is 11.7. The summed E-state index contributed by atoms with van der Waals surface area (Å²) in [6, 6.07) is 6.05. The Kier molecular flexibility index (Phi) is 5.69. The molecule has 8 nitrogen and oxygen atoms in total. The van der Waals surface area contributed by atoms with Crippen LogP contribution in [0.1, 0.15) is 5.56 Å². The van der Waals surface area contributed by atoms with E-state index < -0.39 is 43.3 Å². The number of hydrogen-bond acceptors (Lipinski definition) is 8. The molecule has 2 rings (SSSR count). The lowest BCUT2D eigenvalue weighted by Crippen LogP contribution is -2.59. The molecule has 23 heavy (non-hydrogen) atoms. The molecule has 1 fully saturated rings. The lowest BCUT2D eigenvalue weighted by molar-refractivity contribution is -0.291. The van der Waals surface area contributed by atoms with E-state index in [2.05, 4.69) is 0 Å². The maximum Gasteiger partial charge on any atom is 0.333 e. The second-order valence-electron chi connectivity index (χ2n) is 5.06. The van der Waals surface area contributed by atoms with Crippen molar-refractivity contribution in [2.45, 2.75) is 30.7 Å². The highest BCUT2D eigenvalue weighted by molar-refractivity contribution is 5.87. The Bertz CT molecular complexity index is 553. The Labute approximate surface area is 131 Å². The van der Waals surface area contributed by atoms with Crippen LogP contribution < -0.4 is 0 Å². The van der Waals surface area contributed by atoms with Crippen molar-refractivity contribution < 1.29 is 39.8 Å². The predicted molar refractivity (Wildman–Crippen MR) is 77.0 cm³/mol. The standard InChI is InChI=1S/C15H18O8/c16-7-10-12(19)13(20)14(21)15(22-10)23-11(18)6-3-8-1-4-9(17)5-2-8/h1-6,10,12-17,19-21H,7H2/b6-3+/t10-,12-,13+,14-,15-/m1/s1. The van der Waals surface area contributed by atoms with Gasteiger partial charge in [0, 0.05) is 6.08 Å². The van der Waals surface area contributed by atoms with E-state index in [4.69, 9.17) is 19.7 Å². The lowest BCUT2D eigenvalue weighted by Gasteiger charge is -2.38. The summed E-state index contributed by atoms with van der Waals surface area (Å²) in [7, 11) is 0. The fraction of sp³-hybridized carbons (Fsp3) is 0.400. The second-order valence-corrected chi connectivity index (χ2v) is 5.06. The first kappa shape index (κ1) is 17.4. The molecule has 0 unspecified atom stereocenters. The summed E-state index contributed by atoms with van der Waals surface area (Å²) in [5.74, 6) is -0.756. The summed E-state index contributed by atoms with van der Waals surface area (Å²) in [6.07, 6.45) is -4.93. The number of aliphatic hydroxyl groups is 4. The molecular weight excluding hydrogens is 308 g/mol. The molecule has 1 aliphatic rings. The number of esters is 1. The minimum atomic E-state index is -1.64. The molecule has 0 saturated carbocycles. The lowest BCUT2D eigenvalue weighted by atomic mass is 9.99. The van der Waals surface area contributed by atoms with Crippen LogP contribution in [0.5, 0.6) is 5.75 Å². The molecule has 0 aliphatic carbocycles. The Hall–Kier alpha value is -1.97. The number of ether oxygens (including phenoxy) is 2. The van der Waals surface area contributed by atoms with Crippen LogP contribution in [0.2, 0.25) is 0 Å². The van der Waals surface area contributed by atoms with Crippen LogP contribution in [-0.2, 0) is 14.3 Å². The van der Waals surface area contributed by atoms with Crippen molar-refractivity contribution in [3.8, 4) is 5.75 Å². The van der Waals surface area contributed by atoms with E-state index in [9.17, 15) is 20.1 Å². The Balaban J connectivity index is 1.97. The summed E-state index contributed by atoms with van der Waals surface area (Å²) >= 11 is 0. The van der Waals surface area contributed by atoms with Crippen molar-refractivity contribution in [1.29, 1.82) is 0 Å². The highest BCUT2D eigenvalue weighted by atomic mass is 16.7. The van der Waals surface area contributed by atoms with E-state index in [-0.39, 0.29) is 5.75 Å². The van der Waals surface area contributed by atoms with Crippen molar-refractivity contribution in [3.63, 3.8) is 0 Å². The van der Waals surface area contributed by atoms with Gasteiger partial charge in [-0.05, 0) is 23.8 Å². The van der Waals surface area contributed by atoms with E-state index >= 15 is 0 Å². The van der Waals surface area contributed by atoms with Crippen LogP contribution in [0.25, 0.3) is 6.08 Å². The summed E-state index contributed by atoms with van der Waals surface area (Å²) in [6.45, 7) is -0.609. The average molecular weight is 326 g/mol. The van der Waals surface area contributed by atoms with Crippen molar-refractivity contribution in [3.05, 3.63) is 35.9 Å². The Morgan fingerprint density at radius 3 is 2.39 bits per heavy atom. The normalized spacial score (nSPS) is 31.2. The molecule has 8 heteroatoms. The van der Waals surface area contributed by atoms with E-state index in [0.29, 0.717) is 5.56 Å². The summed E-state index contributed by atoms with van der Waals surface area (Å²) in [5, 5.41) is 47.1. The number of carbonyl (C=O) groups excluding carboxylic acids is 1. The van der Waals surface area contributed by atoms with Gasteiger partial charge in [0.25, 0.3) is 0 Å². The number of phenolic OH excluding ortho intramolecular Hbond substituents is 1. The molecule has 5 atom stereocenters. The van der Waals surface area contributed by atoms with Gasteiger partial charge in [-0.25, -0.2) is 4.79 Å². The van der Waals surface area contributed by atoms with Crippen molar-refractivity contribution in [2.75, 3.05) is 6.61 Å². The average Bonchev–Trinajstić information content (AvgIpc) is 2.55. The van der Waals surface area contributed by atoms with Gasteiger partial charge in [-0.3, -0.25) is 0 Å². The van der Waals surface area contributed by atoms with E-state index in [1.165, 1.54) is 18.2 Å². The molecule has 1 aromatic rings. The molecule has 0 aromatic heterocycles. The molecule has 5 N–H and O–H groups in total. The van der Waals surface area contributed by atoms with Crippen molar-refractivity contribution >= 4 is 12.0 Å².